The van der Waals surface area contributed by atoms with Crippen molar-refractivity contribution in [3.05, 3.63) is 46.8 Å². The summed E-state index contributed by atoms with van der Waals surface area (Å²) >= 11 is 0. The molecule has 0 fully saturated rings. The van der Waals surface area contributed by atoms with Crippen LogP contribution in [-0.4, -0.2) is 5.11 Å². The Labute approximate surface area is 95.6 Å². The molecular weight excluding hydrogens is 203 g/mol. The molecule has 0 amide bonds. The summed E-state index contributed by atoms with van der Waals surface area (Å²) < 4.78 is 13.2. The quantitative estimate of drug-likeness (QED) is 0.754. The monoisotopic (exact) mass is 220 g/mol. The molecule has 2 rings (SSSR count). The number of aliphatic hydroxyl groups excluding tert-OH is 1. The van der Waals surface area contributed by atoms with Crippen LogP contribution in [0.25, 0.3) is 0 Å². The molecule has 1 aliphatic rings. The topological polar surface area (TPSA) is 20.2 Å². The second-order valence-corrected chi connectivity index (χ2v) is 4.49. The molecule has 1 nitrogen and oxygen atoms in total. The Hall–Kier alpha value is -1.15. The van der Waals surface area contributed by atoms with Gasteiger partial charge in [-0.25, -0.2) is 4.39 Å². The number of aliphatic hydroxyl groups is 1. The first kappa shape index (κ1) is 11.3. The van der Waals surface area contributed by atoms with Crippen LogP contribution in [0, 0.1) is 12.7 Å². The highest BCUT2D eigenvalue weighted by Gasteiger charge is 2.16. The van der Waals surface area contributed by atoms with Crippen molar-refractivity contribution in [2.24, 2.45) is 0 Å². The van der Waals surface area contributed by atoms with Gasteiger partial charge in [0.1, 0.15) is 11.9 Å². The van der Waals surface area contributed by atoms with Crippen molar-refractivity contribution in [1.82, 2.24) is 0 Å². The fourth-order valence-electron chi connectivity index (χ4n) is 2.25. The van der Waals surface area contributed by atoms with Gasteiger partial charge in [0.2, 0.25) is 0 Å². The van der Waals surface area contributed by atoms with Gasteiger partial charge in [-0.2, -0.15) is 0 Å². The van der Waals surface area contributed by atoms with Gasteiger partial charge in [0.15, 0.2) is 0 Å². The molecular formula is C14H17FO. The third kappa shape index (κ3) is 2.50. The summed E-state index contributed by atoms with van der Waals surface area (Å²) in [5.41, 5.74) is 2.56. The number of benzene rings is 1. The predicted molar refractivity (Wildman–Crippen MR) is 62.6 cm³/mol. The highest BCUT2D eigenvalue weighted by Crippen LogP contribution is 2.30. The van der Waals surface area contributed by atoms with Crippen LogP contribution in [0.15, 0.2) is 29.8 Å². The molecule has 2 heteroatoms. The molecule has 0 aliphatic heterocycles. The fraction of sp³-hybridized carbons (Fsp3) is 0.429. The third-order valence-electron chi connectivity index (χ3n) is 3.06. The van der Waals surface area contributed by atoms with Gasteiger partial charge in [0.25, 0.3) is 0 Å². The number of allylic oxidation sites excluding steroid dienone is 1. The molecule has 1 N–H and O–H groups in total. The Kier molecular flexibility index (Phi) is 3.39. The summed E-state index contributed by atoms with van der Waals surface area (Å²) in [6.45, 7) is 1.84. The number of aryl methyl sites for hydroxylation is 1. The molecule has 1 aromatic rings. The lowest BCUT2D eigenvalue weighted by molar-refractivity contribution is 0.208. The fourth-order valence-corrected chi connectivity index (χ4v) is 2.25. The minimum Gasteiger partial charge on any atom is -0.384 e. The lowest BCUT2D eigenvalue weighted by Crippen LogP contribution is -2.05. The molecule has 1 unspecified atom stereocenters. The molecule has 0 radical (unpaired) electrons. The van der Waals surface area contributed by atoms with Crippen molar-refractivity contribution in [2.75, 3.05) is 0 Å². The second-order valence-electron chi connectivity index (χ2n) is 4.49. The lowest BCUT2D eigenvalue weighted by atomic mass is 9.91. The standard InChI is InChI=1S/C14H17FO/c1-10-7-12(9-13(15)8-10)14(16)11-5-3-2-4-6-11/h5,7-9,14,16H,2-4,6H2,1H3. The zero-order valence-electron chi connectivity index (χ0n) is 9.54. The summed E-state index contributed by atoms with van der Waals surface area (Å²) in [6, 6.07) is 4.75. The largest absolute Gasteiger partial charge is 0.384 e. The normalized spacial score (nSPS) is 18.1. The summed E-state index contributed by atoms with van der Waals surface area (Å²) in [7, 11) is 0. The third-order valence-corrected chi connectivity index (χ3v) is 3.06. The van der Waals surface area contributed by atoms with E-state index in [9.17, 15) is 9.50 Å². The van der Waals surface area contributed by atoms with E-state index in [1.165, 1.54) is 18.6 Å². The Bertz CT molecular complexity index is 389. The number of rotatable bonds is 2. The van der Waals surface area contributed by atoms with E-state index in [1.54, 1.807) is 0 Å². The van der Waals surface area contributed by atoms with Gasteiger partial charge in [0.05, 0.1) is 0 Å². The molecule has 1 aliphatic carbocycles. The summed E-state index contributed by atoms with van der Waals surface area (Å²) in [5, 5.41) is 10.2. The van der Waals surface area contributed by atoms with Crippen LogP contribution >= 0.6 is 0 Å². The maximum Gasteiger partial charge on any atom is 0.123 e. The van der Waals surface area contributed by atoms with E-state index in [0.29, 0.717) is 5.56 Å². The van der Waals surface area contributed by atoms with Crippen molar-refractivity contribution < 1.29 is 9.50 Å². The molecule has 16 heavy (non-hydrogen) atoms. The Morgan fingerprint density at radius 1 is 1.25 bits per heavy atom. The maximum absolute atomic E-state index is 13.2. The summed E-state index contributed by atoms with van der Waals surface area (Å²) in [6.07, 6.45) is 5.73. The van der Waals surface area contributed by atoms with E-state index in [4.69, 9.17) is 0 Å². The molecule has 0 saturated heterocycles. The van der Waals surface area contributed by atoms with Gasteiger partial charge < -0.3 is 5.11 Å². The van der Waals surface area contributed by atoms with Crippen LogP contribution in [0.1, 0.15) is 42.9 Å². The Morgan fingerprint density at radius 3 is 2.69 bits per heavy atom. The molecule has 1 aromatic carbocycles. The minimum atomic E-state index is -0.630. The zero-order chi connectivity index (χ0) is 11.5. The molecule has 0 saturated carbocycles. The lowest BCUT2D eigenvalue weighted by Gasteiger charge is -2.19. The van der Waals surface area contributed by atoms with E-state index in [2.05, 4.69) is 6.08 Å². The molecule has 0 heterocycles. The first-order chi connectivity index (χ1) is 7.66. The average Bonchev–Trinajstić information content (AvgIpc) is 2.28. The van der Waals surface area contributed by atoms with Crippen molar-refractivity contribution in [2.45, 2.75) is 38.7 Å². The average molecular weight is 220 g/mol. The summed E-state index contributed by atoms with van der Waals surface area (Å²) in [5.74, 6) is -0.273. The number of halogens is 1. The van der Waals surface area contributed by atoms with E-state index < -0.39 is 6.10 Å². The van der Waals surface area contributed by atoms with Gasteiger partial charge in [-0.05, 0) is 61.4 Å². The minimum absolute atomic E-state index is 0.273. The zero-order valence-corrected chi connectivity index (χ0v) is 9.54. The Morgan fingerprint density at radius 2 is 2.06 bits per heavy atom. The van der Waals surface area contributed by atoms with E-state index in [-0.39, 0.29) is 5.82 Å². The van der Waals surface area contributed by atoms with Gasteiger partial charge in [-0.15, -0.1) is 0 Å². The van der Waals surface area contributed by atoms with Crippen molar-refractivity contribution in [1.29, 1.82) is 0 Å². The number of hydrogen-bond donors (Lipinski definition) is 1. The van der Waals surface area contributed by atoms with Crippen LogP contribution in [0.5, 0.6) is 0 Å². The van der Waals surface area contributed by atoms with Crippen molar-refractivity contribution in [3.63, 3.8) is 0 Å². The molecule has 1 atom stereocenters. The molecule has 0 spiro atoms. The first-order valence-electron chi connectivity index (χ1n) is 5.81. The van der Waals surface area contributed by atoms with E-state index >= 15 is 0 Å². The smallest absolute Gasteiger partial charge is 0.123 e. The SMILES string of the molecule is Cc1cc(F)cc(C(O)C2=CCCCC2)c1. The van der Waals surface area contributed by atoms with Gasteiger partial charge in [-0.1, -0.05) is 12.1 Å². The molecule has 86 valence electrons. The first-order valence-corrected chi connectivity index (χ1v) is 5.81. The van der Waals surface area contributed by atoms with Gasteiger partial charge >= 0.3 is 0 Å². The van der Waals surface area contributed by atoms with Crippen LogP contribution in [0.4, 0.5) is 4.39 Å². The Balaban J connectivity index is 2.25. The van der Waals surface area contributed by atoms with E-state index in [1.807, 2.05) is 13.0 Å². The van der Waals surface area contributed by atoms with Crippen LogP contribution < -0.4 is 0 Å². The highest BCUT2D eigenvalue weighted by atomic mass is 19.1. The molecule has 0 aromatic heterocycles. The second kappa shape index (κ2) is 4.79. The van der Waals surface area contributed by atoms with Gasteiger partial charge in [-0.3, -0.25) is 0 Å². The maximum atomic E-state index is 13.2. The van der Waals surface area contributed by atoms with Crippen molar-refractivity contribution in [3.8, 4) is 0 Å². The van der Waals surface area contributed by atoms with Crippen LogP contribution in [0.3, 0.4) is 0 Å². The van der Waals surface area contributed by atoms with Crippen molar-refractivity contribution >= 4 is 0 Å². The van der Waals surface area contributed by atoms with E-state index in [0.717, 1.165) is 30.4 Å². The van der Waals surface area contributed by atoms with Crippen LogP contribution in [0.2, 0.25) is 0 Å². The molecule has 0 bridgehead atoms. The number of hydrogen-bond acceptors (Lipinski definition) is 1. The predicted octanol–water partition coefficient (Wildman–Crippen LogP) is 3.67. The van der Waals surface area contributed by atoms with Gasteiger partial charge in [0, 0.05) is 0 Å². The highest BCUT2D eigenvalue weighted by molar-refractivity contribution is 5.30. The summed E-state index contributed by atoms with van der Waals surface area (Å²) in [4.78, 5) is 0. The van der Waals surface area contributed by atoms with Crippen LogP contribution in [-0.2, 0) is 0 Å².